The van der Waals surface area contributed by atoms with Crippen LogP contribution < -0.4 is 16.0 Å². The Hall–Kier alpha value is -2.87. The first-order valence-electron chi connectivity index (χ1n) is 9.24. The van der Waals surface area contributed by atoms with Crippen LogP contribution in [0.25, 0.3) is 0 Å². The summed E-state index contributed by atoms with van der Waals surface area (Å²) >= 11 is 0. The van der Waals surface area contributed by atoms with Crippen LogP contribution in [-0.2, 0) is 4.74 Å². The maximum atomic E-state index is 11.7. The Labute approximate surface area is 159 Å². The number of carbonyl (C=O) groups is 1. The van der Waals surface area contributed by atoms with Gasteiger partial charge in [0.25, 0.3) is 0 Å². The van der Waals surface area contributed by atoms with E-state index in [0.29, 0.717) is 23.7 Å². The number of carbonyl (C=O) groups excluding carboxylic acids is 1. The first-order chi connectivity index (χ1) is 13.1. The van der Waals surface area contributed by atoms with E-state index in [-0.39, 0.29) is 5.97 Å². The third-order valence-corrected chi connectivity index (χ3v) is 4.64. The molecule has 2 aromatic rings. The molecule has 1 aliphatic heterocycles. The molecule has 27 heavy (non-hydrogen) atoms. The number of aromatic nitrogens is 2. The molecular formula is C19H26N6O2. The minimum atomic E-state index is -0.334. The number of anilines is 4. The Morgan fingerprint density at radius 3 is 2.48 bits per heavy atom. The zero-order valence-corrected chi connectivity index (χ0v) is 15.8. The maximum Gasteiger partial charge on any atom is 0.338 e. The molecule has 144 valence electrons. The number of rotatable bonds is 6. The van der Waals surface area contributed by atoms with Crippen molar-refractivity contribution in [2.24, 2.45) is 0 Å². The normalized spacial score (nSPS) is 14.8. The second kappa shape index (κ2) is 8.68. The Morgan fingerprint density at radius 2 is 1.85 bits per heavy atom. The van der Waals surface area contributed by atoms with Crippen LogP contribution in [0.3, 0.4) is 0 Å². The Bertz CT molecular complexity index is 772. The summed E-state index contributed by atoms with van der Waals surface area (Å²) in [5.41, 5.74) is 8.15. The predicted molar refractivity (Wildman–Crippen MR) is 106 cm³/mol. The molecule has 3 N–H and O–H groups in total. The number of benzene rings is 1. The molecule has 0 saturated carbocycles. The number of esters is 1. The van der Waals surface area contributed by atoms with Crippen LogP contribution >= 0.6 is 0 Å². The van der Waals surface area contributed by atoms with Gasteiger partial charge in [-0.3, -0.25) is 0 Å². The Balaban J connectivity index is 1.71. The molecule has 0 spiro atoms. The zero-order valence-electron chi connectivity index (χ0n) is 15.8. The van der Waals surface area contributed by atoms with Crippen molar-refractivity contribution >= 4 is 29.0 Å². The molecule has 8 nitrogen and oxygen atoms in total. The SMILES string of the molecule is CCOC(=O)c1ccc(Nc2ncnc(N3CCN(CC)CC3)c2N)cc1. The smallest absolute Gasteiger partial charge is 0.338 e. The van der Waals surface area contributed by atoms with Gasteiger partial charge >= 0.3 is 5.97 Å². The van der Waals surface area contributed by atoms with Crippen molar-refractivity contribution in [2.45, 2.75) is 13.8 Å². The van der Waals surface area contributed by atoms with E-state index in [0.717, 1.165) is 44.2 Å². The van der Waals surface area contributed by atoms with Gasteiger partial charge in [0, 0.05) is 31.9 Å². The Morgan fingerprint density at radius 1 is 1.15 bits per heavy atom. The van der Waals surface area contributed by atoms with Crippen molar-refractivity contribution in [3.63, 3.8) is 0 Å². The Kier molecular flexibility index (Phi) is 6.08. The van der Waals surface area contributed by atoms with E-state index in [4.69, 9.17) is 10.5 Å². The van der Waals surface area contributed by atoms with E-state index in [1.54, 1.807) is 31.2 Å². The lowest BCUT2D eigenvalue weighted by atomic mass is 10.2. The van der Waals surface area contributed by atoms with E-state index in [1.807, 2.05) is 0 Å². The highest BCUT2D eigenvalue weighted by atomic mass is 16.5. The van der Waals surface area contributed by atoms with E-state index in [2.05, 4.69) is 32.0 Å². The van der Waals surface area contributed by atoms with Gasteiger partial charge in [-0.15, -0.1) is 0 Å². The zero-order chi connectivity index (χ0) is 19.2. The van der Waals surface area contributed by atoms with Crippen LogP contribution in [-0.4, -0.2) is 60.2 Å². The molecule has 1 saturated heterocycles. The topological polar surface area (TPSA) is 96.6 Å². The van der Waals surface area contributed by atoms with Gasteiger partial charge in [-0.25, -0.2) is 14.8 Å². The van der Waals surface area contributed by atoms with Crippen molar-refractivity contribution in [1.82, 2.24) is 14.9 Å². The second-order valence-electron chi connectivity index (χ2n) is 6.30. The summed E-state index contributed by atoms with van der Waals surface area (Å²) in [6.45, 7) is 9.14. The summed E-state index contributed by atoms with van der Waals surface area (Å²) in [5, 5.41) is 3.20. The van der Waals surface area contributed by atoms with E-state index >= 15 is 0 Å². The summed E-state index contributed by atoms with van der Waals surface area (Å²) in [5.74, 6) is 0.979. The van der Waals surface area contributed by atoms with Gasteiger partial charge in [-0.05, 0) is 37.7 Å². The lowest BCUT2D eigenvalue weighted by molar-refractivity contribution is 0.0526. The number of nitrogens with zero attached hydrogens (tertiary/aromatic N) is 4. The molecule has 0 atom stereocenters. The number of piperazine rings is 1. The van der Waals surface area contributed by atoms with Gasteiger partial charge in [0.2, 0.25) is 0 Å². The van der Waals surface area contributed by atoms with Crippen LogP contribution in [0.5, 0.6) is 0 Å². The van der Waals surface area contributed by atoms with Crippen LogP contribution in [0.1, 0.15) is 24.2 Å². The lowest BCUT2D eigenvalue weighted by Gasteiger charge is -2.35. The molecule has 0 radical (unpaired) electrons. The standard InChI is InChI=1S/C19H26N6O2/c1-3-24-9-11-25(12-10-24)18-16(20)17(21-13-22-18)23-15-7-5-14(6-8-15)19(26)27-4-2/h5-8,13H,3-4,9-12,20H2,1-2H3,(H,21,22,23). The average molecular weight is 370 g/mol. The van der Waals surface area contributed by atoms with Gasteiger partial charge in [-0.1, -0.05) is 6.92 Å². The summed E-state index contributed by atoms with van der Waals surface area (Å²) in [6.07, 6.45) is 1.52. The fourth-order valence-corrected chi connectivity index (χ4v) is 3.05. The number of nitrogens with two attached hydrogens (primary N) is 1. The van der Waals surface area contributed by atoms with Gasteiger partial charge in [0.05, 0.1) is 12.2 Å². The molecule has 0 amide bonds. The van der Waals surface area contributed by atoms with Gasteiger partial charge in [0.1, 0.15) is 12.0 Å². The molecular weight excluding hydrogens is 344 g/mol. The highest BCUT2D eigenvalue weighted by molar-refractivity contribution is 5.90. The summed E-state index contributed by atoms with van der Waals surface area (Å²) < 4.78 is 4.99. The van der Waals surface area contributed by atoms with E-state index in [1.165, 1.54) is 6.33 Å². The fraction of sp³-hybridized carbons (Fsp3) is 0.421. The van der Waals surface area contributed by atoms with Crippen LogP contribution in [0, 0.1) is 0 Å². The third kappa shape index (κ3) is 4.46. The van der Waals surface area contributed by atoms with Crippen molar-refractivity contribution in [3.8, 4) is 0 Å². The quantitative estimate of drug-likeness (QED) is 0.747. The van der Waals surface area contributed by atoms with Crippen molar-refractivity contribution < 1.29 is 9.53 Å². The maximum absolute atomic E-state index is 11.7. The first kappa shape index (κ1) is 18.9. The molecule has 2 heterocycles. The van der Waals surface area contributed by atoms with Gasteiger partial charge in [-0.2, -0.15) is 0 Å². The molecule has 0 bridgehead atoms. The average Bonchev–Trinajstić information content (AvgIpc) is 2.70. The summed E-state index contributed by atoms with van der Waals surface area (Å²) in [4.78, 5) is 25.0. The fourth-order valence-electron chi connectivity index (χ4n) is 3.05. The molecule has 1 aromatic carbocycles. The third-order valence-electron chi connectivity index (χ3n) is 4.64. The van der Waals surface area contributed by atoms with E-state index in [9.17, 15) is 4.79 Å². The van der Waals surface area contributed by atoms with Crippen molar-refractivity contribution in [1.29, 1.82) is 0 Å². The number of hydrogen-bond donors (Lipinski definition) is 2. The van der Waals surface area contributed by atoms with Crippen LogP contribution in [0.15, 0.2) is 30.6 Å². The number of likely N-dealkylation sites (N-methyl/N-ethyl adjacent to an activating group) is 1. The first-order valence-corrected chi connectivity index (χ1v) is 9.24. The highest BCUT2D eigenvalue weighted by Gasteiger charge is 2.20. The predicted octanol–water partition coefficient (Wildman–Crippen LogP) is 2.12. The molecule has 0 aliphatic carbocycles. The summed E-state index contributed by atoms with van der Waals surface area (Å²) in [6, 6.07) is 7.02. The second-order valence-corrected chi connectivity index (χ2v) is 6.30. The monoisotopic (exact) mass is 370 g/mol. The number of ether oxygens (including phenoxy) is 1. The van der Waals surface area contributed by atoms with E-state index < -0.39 is 0 Å². The molecule has 1 aromatic heterocycles. The van der Waals surface area contributed by atoms with Crippen LogP contribution in [0.2, 0.25) is 0 Å². The largest absolute Gasteiger partial charge is 0.462 e. The number of hydrogen-bond acceptors (Lipinski definition) is 8. The summed E-state index contributed by atoms with van der Waals surface area (Å²) in [7, 11) is 0. The minimum Gasteiger partial charge on any atom is -0.462 e. The minimum absolute atomic E-state index is 0.334. The lowest BCUT2D eigenvalue weighted by Crippen LogP contribution is -2.46. The number of nitrogens with one attached hydrogen (secondary N) is 1. The molecule has 3 rings (SSSR count). The van der Waals surface area contributed by atoms with Crippen molar-refractivity contribution in [2.75, 3.05) is 55.3 Å². The van der Waals surface area contributed by atoms with Crippen molar-refractivity contribution in [3.05, 3.63) is 36.2 Å². The van der Waals surface area contributed by atoms with Gasteiger partial charge < -0.3 is 25.6 Å². The van der Waals surface area contributed by atoms with Gasteiger partial charge in [0.15, 0.2) is 11.6 Å². The van der Waals surface area contributed by atoms with Crippen LogP contribution in [0.4, 0.5) is 23.0 Å². The molecule has 8 heteroatoms. The molecule has 0 unspecified atom stereocenters. The molecule has 1 fully saturated rings. The molecule has 1 aliphatic rings. The highest BCUT2D eigenvalue weighted by Crippen LogP contribution is 2.29. The number of nitrogen functional groups attached to an aromatic ring is 1.